The van der Waals surface area contributed by atoms with E-state index in [4.69, 9.17) is 4.43 Å². The Labute approximate surface area is 113 Å². The molecular formula is C15H28O2Si. The molecule has 18 heavy (non-hydrogen) atoms. The van der Waals surface area contributed by atoms with Gasteiger partial charge in [-0.3, -0.25) is 4.79 Å². The van der Waals surface area contributed by atoms with E-state index in [1.54, 1.807) is 0 Å². The molecule has 0 saturated heterocycles. The summed E-state index contributed by atoms with van der Waals surface area (Å²) in [6.45, 7) is 14.5. The molecule has 2 aliphatic rings. The van der Waals surface area contributed by atoms with Crippen LogP contribution in [0.25, 0.3) is 0 Å². The number of Topliss-reactive ketones (excluding diaryl/α,β-unsaturated/α-hetero) is 1. The number of hydrogen-bond donors (Lipinski definition) is 0. The molecule has 0 radical (unpaired) electrons. The molecule has 0 amide bonds. The third-order valence-electron chi connectivity index (χ3n) is 5.92. The number of fused-ring (bicyclic) bond motifs is 2. The van der Waals surface area contributed by atoms with Crippen molar-refractivity contribution in [2.45, 2.75) is 65.1 Å². The van der Waals surface area contributed by atoms with Crippen molar-refractivity contribution in [1.29, 1.82) is 0 Å². The summed E-state index contributed by atoms with van der Waals surface area (Å²) < 4.78 is 6.40. The normalized spacial score (nSPS) is 36.4. The maximum Gasteiger partial charge on any atom is 0.192 e. The summed E-state index contributed by atoms with van der Waals surface area (Å²) in [7, 11) is -1.68. The Hall–Kier alpha value is -0.153. The number of hydrogen-bond acceptors (Lipinski definition) is 2. The molecule has 2 aliphatic carbocycles. The third-order valence-corrected chi connectivity index (χ3v) is 10.4. The molecule has 0 heterocycles. The first-order chi connectivity index (χ1) is 8.08. The summed E-state index contributed by atoms with van der Waals surface area (Å²) in [4.78, 5) is 11.9. The molecule has 0 aromatic heterocycles. The fraction of sp³-hybridized carbons (Fsp3) is 0.933. The van der Waals surface area contributed by atoms with Gasteiger partial charge >= 0.3 is 0 Å². The van der Waals surface area contributed by atoms with Crippen molar-refractivity contribution in [3.8, 4) is 0 Å². The van der Waals surface area contributed by atoms with Crippen LogP contribution in [0.4, 0.5) is 0 Å². The first-order valence-corrected chi connectivity index (χ1v) is 10.2. The summed E-state index contributed by atoms with van der Waals surface area (Å²) in [5.41, 5.74) is 0.132. The van der Waals surface area contributed by atoms with Crippen LogP contribution < -0.4 is 0 Å². The summed E-state index contributed by atoms with van der Waals surface area (Å²) in [5, 5.41) is 0.255. The van der Waals surface area contributed by atoms with Crippen molar-refractivity contribution in [2.24, 2.45) is 17.3 Å². The highest BCUT2D eigenvalue weighted by molar-refractivity contribution is 6.74. The fourth-order valence-corrected chi connectivity index (χ4v) is 4.44. The van der Waals surface area contributed by atoms with Crippen LogP contribution in [0.1, 0.15) is 47.0 Å². The van der Waals surface area contributed by atoms with Crippen LogP contribution in [0.3, 0.4) is 0 Å². The standard InChI is InChI=1S/C15H28O2Si/c1-14(2,3)18(5,6)17-10-15(4)11-7-8-12(15)13(16)9-11/h11-12H,7-10H2,1-6H3/t11-,12-,15-/m0/s1. The molecule has 3 atom stereocenters. The number of carbonyl (C=O) groups excluding carboxylic acids is 1. The topological polar surface area (TPSA) is 26.3 Å². The minimum atomic E-state index is -1.68. The second kappa shape index (κ2) is 4.17. The van der Waals surface area contributed by atoms with Gasteiger partial charge in [-0.15, -0.1) is 0 Å². The van der Waals surface area contributed by atoms with Gasteiger partial charge in [0.1, 0.15) is 5.78 Å². The molecule has 2 fully saturated rings. The highest BCUT2D eigenvalue weighted by atomic mass is 28.4. The van der Waals surface area contributed by atoms with Crippen LogP contribution in [-0.4, -0.2) is 20.7 Å². The lowest BCUT2D eigenvalue weighted by Crippen LogP contribution is -2.44. The van der Waals surface area contributed by atoms with Crippen molar-refractivity contribution in [3.05, 3.63) is 0 Å². The molecule has 2 bridgehead atoms. The molecule has 0 N–H and O–H groups in total. The maximum absolute atomic E-state index is 11.9. The smallest absolute Gasteiger partial charge is 0.192 e. The van der Waals surface area contributed by atoms with E-state index in [1.807, 2.05) is 0 Å². The zero-order chi connectivity index (χ0) is 13.8. The van der Waals surface area contributed by atoms with Crippen LogP contribution in [0.2, 0.25) is 18.1 Å². The Kier molecular flexibility index (Phi) is 3.30. The van der Waals surface area contributed by atoms with E-state index < -0.39 is 8.32 Å². The van der Waals surface area contributed by atoms with E-state index in [0.717, 1.165) is 19.4 Å². The Morgan fingerprint density at radius 3 is 2.33 bits per heavy atom. The summed E-state index contributed by atoms with van der Waals surface area (Å²) in [6, 6.07) is 0. The number of ketones is 1. The highest BCUT2D eigenvalue weighted by Gasteiger charge is 2.56. The molecule has 0 aromatic carbocycles. The van der Waals surface area contributed by atoms with Gasteiger partial charge in [-0.2, -0.15) is 0 Å². The second-order valence-corrected chi connectivity index (χ2v) is 12.9. The van der Waals surface area contributed by atoms with Gasteiger partial charge in [0.15, 0.2) is 8.32 Å². The quantitative estimate of drug-likeness (QED) is 0.723. The Balaban J connectivity index is 2.05. The van der Waals surface area contributed by atoms with E-state index in [9.17, 15) is 4.79 Å². The monoisotopic (exact) mass is 268 g/mol. The zero-order valence-corrected chi connectivity index (χ0v) is 13.8. The Bertz CT molecular complexity index is 356. The predicted octanol–water partition coefficient (Wildman–Crippen LogP) is 4.01. The lowest BCUT2D eigenvalue weighted by atomic mass is 9.80. The zero-order valence-electron chi connectivity index (χ0n) is 12.8. The minimum Gasteiger partial charge on any atom is -0.416 e. The predicted molar refractivity (Wildman–Crippen MR) is 77.1 cm³/mol. The van der Waals surface area contributed by atoms with Gasteiger partial charge in [0.05, 0.1) is 0 Å². The van der Waals surface area contributed by atoms with Crippen LogP contribution in [0.5, 0.6) is 0 Å². The van der Waals surface area contributed by atoms with E-state index in [1.165, 1.54) is 6.42 Å². The average Bonchev–Trinajstić information content (AvgIpc) is 2.65. The van der Waals surface area contributed by atoms with Gasteiger partial charge < -0.3 is 4.43 Å². The number of carbonyl (C=O) groups is 1. The lowest BCUT2D eigenvalue weighted by Gasteiger charge is -2.40. The molecule has 2 nitrogen and oxygen atoms in total. The minimum absolute atomic E-state index is 0.132. The van der Waals surface area contributed by atoms with Crippen LogP contribution in [-0.2, 0) is 9.22 Å². The van der Waals surface area contributed by atoms with Gasteiger partial charge in [-0.1, -0.05) is 27.7 Å². The number of rotatable bonds is 3. The molecule has 0 unspecified atom stereocenters. The highest BCUT2D eigenvalue weighted by Crippen LogP contribution is 2.56. The van der Waals surface area contributed by atoms with Crippen molar-refractivity contribution in [1.82, 2.24) is 0 Å². The molecule has 2 saturated carbocycles. The fourth-order valence-electron chi connectivity index (χ4n) is 3.33. The van der Waals surface area contributed by atoms with Crippen LogP contribution in [0.15, 0.2) is 0 Å². The van der Waals surface area contributed by atoms with E-state index in [2.05, 4.69) is 40.8 Å². The van der Waals surface area contributed by atoms with Crippen molar-refractivity contribution < 1.29 is 9.22 Å². The Morgan fingerprint density at radius 1 is 1.33 bits per heavy atom. The lowest BCUT2D eigenvalue weighted by molar-refractivity contribution is -0.122. The molecule has 3 heteroatoms. The largest absolute Gasteiger partial charge is 0.416 e. The SMILES string of the molecule is CC(C)(C)[Si](C)(C)OC[C@@]1(C)[C@H]2CC[C@H]1C(=O)C2. The summed E-state index contributed by atoms with van der Waals surface area (Å²) in [5.74, 6) is 1.36. The first kappa shape index (κ1) is 14.3. The molecule has 2 rings (SSSR count). The van der Waals surface area contributed by atoms with Crippen molar-refractivity contribution >= 4 is 14.1 Å². The maximum atomic E-state index is 11.9. The van der Waals surface area contributed by atoms with Gasteiger partial charge in [-0.05, 0) is 36.9 Å². The van der Waals surface area contributed by atoms with Gasteiger partial charge in [0.2, 0.25) is 0 Å². The first-order valence-electron chi connectivity index (χ1n) is 7.24. The van der Waals surface area contributed by atoms with Crippen LogP contribution in [0, 0.1) is 17.3 Å². The second-order valence-electron chi connectivity index (χ2n) is 8.05. The van der Waals surface area contributed by atoms with E-state index >= 15 is 0 Å². The van der Waals surface area contributed by atoms with Gasteiger partial charge in [0, 0.05) is 24.4 Å². The summed E-state index contributed by atoms with van der Waals surface area (Å²) in [6.07, 6.45) is 3.14. The molecule has 0 spiro atoms. The summed E-state index contributed by atoms with van der Waals surface area (Å²) >= 11 is 0. The Morgan fingerprint density at radius 2 is 1.94 bits per heavy atom. The molecular weight excluding hydrogens is 240 g/mol. The van der Waals surface area contributed by atoms with Gasteiger partial charge in [0.25, 0.3) is 0 Å². The molecule has 0 aromatic rings. The van der Waals surface area contributed by atoms with Crippen molar-refractivity contribution in [2.75, 3.05) is 6.61 Å². The molecule has 0 aliphatic heterocycles. The third kappa shape index (κ3) is 2.09. The average molecular weight is 268 g/mol. The van der Waals surface area contributed by atoms with Crippen molar-refractivity contribution in [3.63, 3.8) is 0 Å². The molecule has 104 valence electrons. The van der Waals surface area contributed by atoms with Crippen LogP contribution >= 0.6 is 0 Å². The van der Waals surface area contributed by atoms with Gasteiger partial charge in [-0.25, -0.2) is 0 Å². The van der Waals surface area contributed by atoms with E-state index in [-0.39, 0.29) is 16.4 Å². The van der Waals surface area contributed by atoms with E-state index in [0.29, 0.717) is 11.7 Å².